The number of fused-ring (bicyclic) bond motifs is 2. The summed E-state index contributed by atoms with van der Waals surface area (Å²) in [4.78, 5) is 60.4. The molecule has 0 spiro atoms. The number of hydrogen-bond donors (Lipinski definition) is 8. The third kappa shape index (κ3) is 14.2. The summed E-state index contributed by atoms with van der Waals surface area (Å²) in [5.41, 5.74) is 3.83. The van der Waals surface area contributed by atoms with Gasteiger partial charge < -0.3 is 36.2 Å². The smallest absolute Gasteiger partial charge is 0.326 e. The van der Waals surface area contributed by atoms with Crippen molar-refractivity contribution in [1.29, 1.82) is 0 Å². The molecule has 2 heterocycles. The molecule has 68 heavy (non-hydrogen) atoms. The summed E-state index contributed by atoms with van der Waals surface area (Å²) >= 11 is 0. The van der Waals surface area contributed by atoms with Gasteiger partial charge in [-0.25, -0.2) is 14.4 Å². The molecular formula is C47H62N5O14S2+. The van der Waals surface area contributed by atoms with E-state index in [0.717, 1.165) is 33.9 Å². The van der Waals surface area contributed by atoms with Crippen molar-refractivity contribution in [3.63, 3.8) is 0 Å². The molecule has 2 aromatic rings. The summed E-state index contributed by atoms with van der Waals surface area (Å²) in [7, 11) is -8.83. The first kappa shape index (κ1) is 54.4. The molecule has 0 aromatic heterocycles. The highest BCUT2D eigenvalue weighted by atomic mass is 32.2. The number of allylic oxidation sites excluding steroid dienone is 8. The Labute approximate surface area is 396 Å². The maximum absolute atomic E-state index is 12.6. The number of benzene rings is 2. The summed E-state index contributed by atoms with van der Waals surface area (Å²) in [5, 5.41) is 34.6. The number of urea groups is 1. The molecule has 2 aromatic carbocycles. The Hall–Kier alpha value is -6.16. The number of amides is 3. The molecule has 0 radical (unpaired) electrons. The first-order chi connectivity index (χ1) is 31.8. The van der Waals surface area contributed by atoms with Gasteiger partial charge in [-0.05, 0) is 101 Å². The number of likely N-dealkylation sites (N-methyl/N-ethyl adjacent to an activating group) is 1. The van der Waals surface area contributed by atoms with Crippen molar-refractivity contribution in [3.8, 4) is 0 Å². The minimum absolute atomic E-state index is 0.000385. The van der Waals surface area contributed by atoms with E-state index in [9.17, 15) is 60.1 Å². The minimum atomic E-state index is -4.46. The first-order valence-corrected chi connectivity index (χ1v) is 25.1. The van der Waals surface area contributed by atoms with Crippen LogP contribution in [0.4, 0.5) is 16.2 Å². The number of carbonyl (C=O) groups excluding carboxylic acids is 2. The van der Waals surface area contributed by atoms with E-state index in [4.69, 9.17) is 5.11 Å². The molecule has 21 heteroatoms. The number of rotatable bonds is 25. The number of anilines is 1. The Morgan fingerprint density at radius 3 is 1.90 bits per heavy atom. The monoisotopic (exact) mass is 984 g/mol. The number of carboxylic acid groups (broad SMARTS) is 3. The second-order valence-corrected chi connectivity index (χ2v) is 20.4. The molecule has 4 rings (SSSR count). The van der Waals surface area contributed by atoms with Crippen molar-refractivity contribution in [2.45, 2.75) is 125 Å². The highest BCUT2D eigenvalue weighted by Crippen LogP contribution is 2.48. The van der Waals surface area contributed by atoms with Gasteiger partial charge in [0.2, 0.25) is 11.6 Å². The number of hydrogen-bond acceptors (Lipinski definition) is 10. The maximum atomic E-state index is 12.6. The van der Waals surface area contributed by atoms with Gasteiger partial charge in [-0.1, -0.05) is 44.2 Å². The molecule has 2 aliphatic rings. The van der Waals surface area contributed by atoms with Gasteiger partial charge in [0.15, 0.2) is 5.71 Å². The topological polar surface area (TPSA) is 297 Å². The predicted molar refractivity (Wildman–Crippen MR) is 254 cm³/mol. The van der Waals surface area contributed by atoms with Crippen LogP contribution in [-0.2, 0) is 50.2 Å². The molecule has 0 unspecified atom stereocenters. The second kappa shape index (κ2) is 23.2. The van der Waals surface area contributed by atoms with E-state index in [1.165, 1.54) is 24.3 Å². The molecule has 0 saturated carbocycles. The normalized spacial score (nSPS) is 16.9. The van der Waals surface area contributed by atoms with Crippen LogP contribution in [-0.4, -0.2) is 113 Å². The molecule has 0 fully saturated rings. The zero-order chi connectivity index (χ0) is 50.6. The number of carbonyl (C=O) groups is 5. The summed E-state index contributed by atoms with van der Waals surface area (Å²) in [6, 6.07) is 5.22. The predicted octanol–water partition coefficient (Wildman–Crippen LogP) is 5.84. The number of nitrogens with zero attached hydrogens (tertiary/aromatic N) is 2. The van der Waals surface area contributed by atoms with E-state index in [1.54, 1.807) is 12.1 Å². The standard InChI is InChI=1S/C47H61N5O14S2/c1-6-51-37-24-21-31(67(61,62)63)29-33(37)46(2,3)39(51)18-11-8-7-9-12-19-40-47(4,5)34-30-32(68(64,65)66)22-25-38(34)52(40)28-16-10-13-20-41(53)48-27-15-14-17-35(43(56)57)49-45(60)50-36(44(58)59)23-26-42(54)55/h7-9,11-12,18-19,21-22,24-25,29-30,35-36H,6,10,13-17,20,23,26-28H2,1-5H3,(H7-,48,49,50,53,54,55,56,57,58,59,60,61,62,63,64,65,66)/p+1/t35-,36-/m0/s1. The van der Waals surface area contributed by atoms with Crippen molar-refractivity contribution < 1.29 is 69.8 Å². The van der Waals surface area contributed by atoms with Crippen LogP contribution in [0.1, 0.15) is 104 Å². The fourth-order valence-corrected chi connectivity index (χ4v) is 9.37. The summed E-state index contributed by atoms with van der Waals surface area (Å²) < 4.78 is 69.5. The lowest BCUT2D eigenvalue weighted by Crippen LogP contribution is -2.51. The van der Waals surface area contributed by atoms with E-state index < -0.39 is 73.5 Å². The van der Waals surface area contributed by atoms with Crippen LogP contribution in [0.5, 0.6) is 0 Å². The molecular weight excluding hydrogens is 923 g/mol. The SMILES string of the molecule is CCN1/C(=C/C=C/C=C/C=C/C2=[N+](CCCCCC(=O)NCCCC[C@H](NC(=O)N[C@@H](CCC(=O)O)C(=O)O)C(=O)O)c3ccc(S(=O)(=O)O)cc3C2(C)C)C(C)(C)c2cc(S(=O)(=O)O)ccc21. The van der Waals surface area contributed by atoms with Crippen LogP contribution in [0.3, 0.4) is 0 Å². The summed E-state index contributed by atoms with van der Waals surface area (Å²) in [5.74, 6) is -4.24. The van der Waals surface area contributed by atoms with Crippen LogP contribution in [0.25, 0.3) is 0 Å². The highest BCUT2D eigenvalue weighted by Gasteiger charge is 2.45. The maximum Gasteiger partial charge on any atom is 0.326 e. The Bertz CT molecular complexity index is 2630. The number of aliphatic carboxylic acids is 3. The van der Waals surface area contributed by atoms with Gasteiger partial charge in [0.25, 0.3) is 20.2 Å². The molecule has 3 amide bonds. The Morgan fingerprint density at radius 1 is 0.706 bits per heavy atom. The van der Waals surface area contributed by atoms with Crippen LogP contribution < -0.4 is 20.9 Å². The van der Waals surface area contributed by atoms with Crippen molar-refractivity contribution in [1.82, 2.24) is 16.0 Å². The van der Waals surface area contributed by atoms with Gasteiger partial charge in [0, 0.05) is 66.9 Å². The van der Waals surface area contributed by atoms with E-state index >= 15 is 0 Å². The van der Waals surface area contributed by atoms with Crippen LogP contribution in [0, 0.1) is 0 Å². The van der Waals surface area contributed by atoms with Crippen molar-refractivity contribution in [3.05, 3.63) is 95.8 Å². The molecule has 19 nitrogen and oxygen atoms in total. The fourth-order valence-electron chi connectivity index (χ4n) is 8.36. The number of nitrogens with one attached hydrogen (secondary N) is 3. The zero-order valence-electron chi connectivity index (χ0n) is 38.8. The average Bonchev–Trinajstić information content (AvgIpc) is 3.60. The third-order valence-electron chi connectivity index (χ3n) is 12.0. The van der Waals surface area contributed by atoms with Gasteiger partial charge >= 0.3 is 23.9 Å². The Balaban J connectivity index is 1.33. The first-order valence-electron chi connectivity index (χ1n) is 22.2. The molecule has 370 valence electrons. The van der Waals surface area contributed by atoms with E-state index in [-0.39, 0.29) is 41.5 Å². The third-order valence-corrected chi connectivity index (χ3v) is 13.7. The number of unbranched alkanes of at least 4 members (excludes halogenated alkanes) is 3. The van der Waals surface area contributed by atoms with E-state index in [1.807, 2.05) is 77.2 Å². The largest absolute Gasteiger partial charge is 0.481 e. The lowest BCUT2D eigenvalue weighted by atomic mass is 9.81. The fraction of sp³-hybridized carbons (Fsp3) is 0.447. The Morgan fingerprint density at radius 2 is 1.29 bits per heavy atom. The highest BCUT2D eigenvalue weighted by molar-refractivity contribution is 7.86. The Kier molecular flexibility index (Phi) is 18.6. The molecule has 0 aliphatic carbocycles. The van der Waals surface area contributed by atoms with Gasteiger partial charge in [-0.15, -0.1) is 0 Å². The number of carboxylic acids is 3. The zero-order valence-corrected chi connectivity index (χ0v) is 40.4. The average molecular weight is 985 g/mol. The molecule has 0 bridgehead atoms. The molecule has 2 aliphatic heterocycles. The molecule has 2 atom stereocenters. The summed E-state index contributed by atoms with van der Waals surface area (Å²) in [6.45, 7) is 11.4. The van der Waals surface area contributed by atoms with Crippen molar-refractivity contribution in [2.24, 2.45) is 0 Å². The van der Waals surface area contributed by atoms with Crippen LogP contribution in [0.2, 0.25) is 0 Å². The summed E-state index contributed by atoms with van der Waals surface area (Å²) in [6.07, 6.45) is 15.3. The minimum Gasteiger partial charge on any atom is -0.481 e. The van der Waals surface area contributed by atoms with Gasteiger partial charge in [-0.3, -0.25) is 18.7 Å². The van der Waals surface area contributed by atoms with E-state index in [0.29, 0.717) is 45.2 Å². The lowest BCUT2D eigenvalue weighted by Gasteiger charge is -2.25. The molecule has 0 saturated heterocycles. The quantitative estimate of drug-likeness (QED) is 0.0251. The van der Waals surface area contributed by atoms with Gasteiger partial charge in [-0.2, -0.15) is 21.4 Å². The van der Waals surface area contributed by atoms with E-state index in [2.05, 4.69) is 25.4 Å². The van der Waals surface area contributed by atoms with Crippen molar-refractivity contribution in [2.75, 3.05) is 24.5 Å². The van der Waals surface area contributed by atoms with Crippen molar-refractivity contribution >= 4 is 67.2 Å². The van der Waals surface area contributed by atoms with Crippen LogP contribution in [0.15, 0.2) is 94.4 Å². The van der Waals surface area contributed by atoms with Crippen LogP contribution >= 0.6 is 0 Å². The van der Waals surface area contributed by atoms with Gasteiger partial charge in [0.1, 0.15) is 18.6 Å². The lowest BCUT2D eigenvalue weighted by molar-refractivity contribution is -0.438. The molecule has 8 N–H and O–H groups in total. The second-order valence-electron chi connectivity index (χ2n) is 17.5. The van der Waals surface area contributed by atoms with Gasteiger partial charge in [0.05, 0.1) is 15.2 Å².